The van der Waals surface area contributed by atoms with E-state index < -0.39 is 0 Å². The zero-order chi connectivity index (χ0) is 15.7. The van der Waals surface area contributed by atoms with E-state index >= 15 is 0 Å². The van der Waals surface area contributed by atoms with Crippen LogP contribution in [0.1, 0.15) is 18.0 Å². The summed E-state index contributed by atoms with van der Waals surface area (Å²) >= 11 is 0. The van der Waals surface area contributed by atoms with Gasteiger partial charge in [-0.1, -0.05) is 24.3 Å². The first kappa shape index (κ1) is 15.9. The van der Waals surface area contributed by atoms with Crippen LogP contribution >= 0.6 is 0 Å². The molecule has 1 aliphatic heterocycles. The Morgan fingerprint density at radius 1 is 1.17 bits per heavy atom. The highest BCUT2D eigenvalue weighted by atomic mass is 16.5. The molecule has 2 aromatic rings. The van der Waals surface area contributed by atoms with E-state index in [9.17, 15) is 0 Å². The summed E-state index contributed by atoms with van der Waals surface area (Å²) in [5.41, 5.74) is 7.83. The highest BCUT2D eigenvalue weighted by Gasteiger charge is 2.27. The largest absolute Gasteiger partial charge is 0.494 e. The Morgan fingerprint density at radius 3 is 2.91 bits per heavy atom. The van der Waals surface area contributed by atoms with Crippen molar-refractivity contribution in [2.75, 3.05) is 26.2 Å². The molecule has 0 amide bonds. The highest BCUT2D eigenvalue weighted by molar-refractivity contribution is 5.20. The molecule has 5 nitrogen and oxygen atoms in total. The van der Waals surface area contributed by atoms with E-state index in [0.717, 1.165) is 38.4 Å². The fraction of sp³-hybridized carbons (Fsp3) is 0.389. The molecule has 1 aromatic carbocycles. The number of para-hydroxylation sites is 1. The number of hydrogen-bond acceptors (Lipinski definition) is 5. The molecule has 2 unspecified atom stereocenters. The van der Waals surface area contributed by atoms with E-state index in [2.05, 4.69) is 27.2 Å². The number of ether oxygens (including phenoxy) is 1. The van der Waals surface area contributed by atoms with Gasteiger partial charge in [0.25, 0.3) is 0 Å². The molecular formula is C18H24N4O. The lowest BCUT2D eigenvalue weighted by Gasteiger charge is -2.19. The smallest absolute Gasteiger partial charge is 0.119 e. The van der Waals surface area contributed by atoms with E-state index in [4.69, 9.17) is 4.74 Å². The Balaban J connectivity index is 1.34. The van der Waals surface area contributed by atoms with Gasteiger partial charge in [0.15, 0.2) is 0 Å². The number of pyridine rings is 1. The van der Waals surface area contributed by atoms with Crippen LogP contribution in [0.25, 0.3) is 0 Å². The maximum Gasteiger partial charge on any atom is 0.119 e. The van der Waals surface area contributed by atoms with Gasteiger partial charge in [-0.05, 0) is 36.7 Å². The minimum absolute atomic E-state index is 0.316. The van der Waals surface area contributed by atoms with Gasteiger partial charge in [-0.2, -0.15) is 0 Å². The number of benzene rings is 1. The Labute approximate surface area is 137 Å². The van der Waals surface area contributed by atoms with Gasteiger partial charge in [-0.15, -0.1) is 0 Å². The van der Waals surface area contributed by atoms with Crippen LogP contribution in [0.2, 0.25) is 0 Å². The predicted molar refractivity (Wildman–Crippen MR) is 91.0 cm³/mol. The fourth-order valence-corrected chi connectivity index (χ4v) is 2.83. The molecule has 23 heavy (non-hydrogen) atoms. The van der Waals surface area contributed by atoms with Gasteiger partial charge in [-0.25, -0.2) is 5.43 Å². The third kappa shape index (κ3) is 4.76. The number of nitrogens with zero attached hydrogens (tertiary/aromatic N) is 1. The lowest BCUT2D eigenvalue weighted by atomic mass is 9.96. The normalized spacial score (nSPS) is 20.5. The van der Waals surface area contributed by atoms with E-state index in [-0.39, 0.29) is 0 Å². The number of hydrogen-bond donors (Lipinski definition) is 3. The summed E-state index contributed by atoms with van der Waals surface area (Å²) in [6.07, 6.45) is 4.75. The first-order valence-corrected chi connectivity index (χ1v) is 8.20. The monoisotopic (exact) mass is 312 g/mol. The van der Waals surface area contributed by atoms with Crippen LogP contribution < -0.4 is 20.9 Å². The standard InChI is InChI=1S/C18H24N4O/c1-2-7-17(8-3-1)23-11-5-10-20-13-16-14-21-22-18(16)15-6-4-9-19-12-15/h1-4,6-9,12,16,18,20-22H,5,10-11,13-14H2. The lowest BCUT2D eigenvalue weighted by Crippen LogP contribution is -2.29. The zero-order valence-electron chi connectivity index (χ0n) is 13.2. The Kier molecular flexibility index (Phi) is 5.97. The van der Waals surface area contributed by atoms with Crippen molar-refractivity contribution < 1.29 is 4.74 Å². The van der Waals surface area contributed by atoms with Crippen LogP contribution in [0.5, 0.6) is 5.75 Å². The molecular weight excluding hydrogens is 288 g/mol. The maximum absolute atomic E-state index is 5.70. The molecule has 0 saturated carbocycles. The molecule has 1 aromatic heterocycles. The number of nitrogens with one attached hydrogen (secondary N) is 3. The summed E-state index contributed by atoms with van der Waals surface area (Å²) in [4.78, 5) is 4.21. The number of aromatic nitrogens is 1. The summed E-state index contributed by atoms with van der Waals surface area (Å²) in [7, 11) is 0. The van der Waals surface area contributed by atoms with E-state index in [0.29, 0.717) is 12.0 Å². The van der Waals surface area contributed by atoms with Gasteiger partial charge >= 0.3 is 0 Å². The van der Waals surface area contributed by atoms with Gasteiger partial charge in [0, 0.05) is 31.4 Å². The Morgan fingerprint density at radius 2 is 2.09 bits per heavy atom. The van der Waals surface area contributed by atoms with Crippen LogP contribution in [0, 0.1) is 5.92 Å². The van der Waals surface area contributed by atoms with E-state index in [1.165, 1.54) is 5.56 Å². The average molecular weight is 312 g/mol. The van der Waals surface area contributed by atoms with Gasteiger partial charge in [0.05, 0.1) is 12.6 Å². The minimum Gasteiger partial charge on any atom is -0.494 e. The molecule has 0 aliphatic carbocycles. The minimum atomic E-state index is 0.316. The number of hydrazine groups is 1. The van der Waals surface area contributed by atoms with Gasteiger partial charge in [0.2, 0.25) is 0 Å². The van der Waals surface area contributed by atoms with Crippen LogP contribution in [-0.2, 0) is 0 Å². The second kappa shape index (κ2) is 8.62. The first-order chi connectivity index (χ1) is 11.4. The summed E-state index contributed by atoms with van der Waals surface area (Å²) in [6, 6.07) is 14.4. The van der Waals surface area contributed by atoms with Crippen LogP contribution in [0.15, 0.2) is 54.9 Å². The quantitative estimate of drug-likeness (QED) is 0.650. The Hall–Kier alpha value is -1.95. The molecule has 0 radical (unpaired) electrons. The molecule has 3 N–H and O–H groups in total. The van der Waals surface area contributed by atoms with Crippen LogP contribution in [0.4, 0.5) is 0 Å². The van der Waals surface area contributed by atoms with Crippen molar-refractivity contribution in [2.45, 2.75) is 12.5 Å². The molecule has 5 heteroatoms. The van der Waals surface area contributed by atoms with Crippen molar-refractivity contribution in [2.24, 2.45) is 5.92 Å². The molecule has 2 atom stereocenters. The topological polar surface area (TPSA) is 58.2 Å². The van der Waals surface area contributed by atoms with Crippen molar-refractivity contribution in [1.29, 1.82) is 0 Å². The number of rotatable bonds is 8. The molecule has 0 bridgehead atoms. The van der Waals surface area contributed by atoms with Crippen LogP contribution in [-0.4, -0.2) is 31.2 Å². The highest BCUT2D eigenvalue weighted by Crippen LogP contribution is 2.23. The maximum atomic E-state index is 5.70. The second-order valence-electron chi connectivity index (χ2n) is 5.77. The van der Waals surface area contributed by atoms with Crippen molar-refractivity contribution in [1.82, 2.24) is 21.2 Å². The molecule has 1 aliphatic rings. The predicted octanol–water partition coefficient (Wildman–Crippen LogP) is 1.91. The van der Waals surface area contributed by atoms with E-state index in [1.54, 1.807) is 0 Å². The van der Waals surface area contributed by atoms with Gasteiger partial charge in [0.1, 0.15) is 5.75 Å². The van der Waals surface area contributed by atoms with Gasteiger partial charge < -0.3 is 10.1 Å². The van der Waals surface area contributed by atoms with Crippen molar-refractivity contribution in [3.8, 4) is 5.75 Å². The van der Waals surface area contributed by atoms with E-state index in [1.807, 2.05) is 48.8 Å². The third-order valence-electron chi connectivity index (χ3n) is 4.05. The summed E-state index contributed by atoms with van der Waals surface area (Å²) in [5, 5.41) is 3.53. The summed E-state index contributed by atoms with van der Waals surface area (Å²) in [6.45, 7) is 3.64. The fourth-order valence-electron chi connectivity index (χ4n) is 2.83. The SMILES string of the molecule is c1ccc(OCCCNCC2CNNC2c2cccnc2)cc1. The molecule has 3 rings (SSSR count). The molecule has 1 fully saturated rings. The summed E-state index contributed by atoms with van der Waals surface area (Å²) < 4.78 is 5.70. The second-order valence-corrected chi connectivity index (χ2v) is 5.77. The van der Waals surface area contributed by atoms with Gasteiger partial charge in [-0.3, -0.25) is 10.4 Å². The first-order valence-electron chi connectivity index (χ1n) is 8.20. The van der Waals surface area contributed by atoms with Crippen molar-refractivity contribution in [3.05, 3.63) is 60.4 Å². The molecule has 2 heterocycles. The van der Waals surface area contributed by atoms with Crippen molar-refractivity contribution in [3.63, 3.8) is 0 Å². The summed E-state index contributed by atoms with van der Waals surface area (Å²) in [5.74, 6) is 1.46. The molecule has 1 saturated heterocycles. The Bertz CT molecular complexity index is 564. The zero-order valence-corrected chi connectivity index (χ0v) is 13.2. The lowest BCUT2D eigenvalue weighted by molar-refractivity contribution is 0.305. The molecule has 0 spiro atoms. The van der Waals surface area contributed by atoms with Crippen LogP contribution in [0.3, 0.4) is 0 Å². The van der Waals surface area contributed by atoms with Crippen molar-refractivity contribution >= 4 is 0 Å². The third-order valence-corrected chi connectivity index (χ3v) is 4.05. The average Bonchev–Trinajstić information content (AvgIpc) is 3.08. The molecule has 122 valence electrons.